The molecule has 1 heterocycles. The van der Waals surface area contributed by atoms with E-state index in [2.05, 4.69) is 10.1 Å². The molecular formula is C17H20N2O4. The van der Waals surface area contributed by atoms with Crippen LogP contribution in [0.1, 0.15) is 38.9 Å². The van der Waals surface area contributed by atoms with Crippen LogP contribution in [0.2, 0.25) is 0 Å². The third kappa shape index (κ3) is 4.20. The van der Waals surface area contributed by atoms with Crippen molar-refractivity contribution in [3.63, 3.8) is 0 Å². The van der Waals surface area contributed by atoms with E-state index >= 15 is 0 Å². The van der Waals surface area contributed by atoms with Crippen LogP contribution < -0.4 is 5.32 Å². The van der Waals surface area contributed by atoms with Crippen molar-refractivity contribution in [1.29, 1.82) is 0 Å². The molecular weight excluding hydrogens is 296 g/mol. The molecule has 2 rings (SSSR count). The predicted octanol–water partition coefficient (Wildman–Crippen LogP) is 1.67. The fourth-order valence-electron chi connectivity index (χ4n) is 2.27. The Bertz CT molecular complexity index is 676. The first kappa shape index (κ1) is 16.8. The van der Waals surface area contributed by atoms with Crippen LogP contribution in [0.25, 0.3) is 0 Å². The van der Waals surface area contributed by atoms with Gasteiger partial charge in [-0.05, 0) is 42.8 Å². The molecule has 0 aliphatic heterocycles. The number of nitrogens with one attached hydrogen (secondary N) is 1. The number of aliphatic hydroxyl groups is 1. The molecule has 0 unspecified atom stereocenters. The second-order valence-corrected chi connectivity index (χ2v) is 5.17. The minimum absolute atomic E-state index is 0.250. The summed E-state index contributed by atoms with van der Waals surface area (Å²) >= 11 is 0. The second-order valence-electron chi connectivity index (χ2n) is 5.17. The second kappa shape index (κ2) is 7.60. The number of amides is 1. The van der Waals surface area contributed by atoms with Gasteiger partial charge in [0.05, 0.1) is 18.8 Å². The third-order valence-electron chi connectivity index (χ3n) is 3.60. The molecule has 1 amide bonds. The smallest absolute Gasteiger partial charge is 0.337 e. The van der Waals surface area contributed by atoms with Crippen molar-refractivity contribution < 1.29 is 19.4 Å². The molecule has 1 aromatic heterocycles. The topological polar surface area (TPSA) is 80.6 Å². The van der Waals surface area contributed by atoms with Crippen molar-refractivity contribution in [3.05, 3.63) is 59.4 Å². The van der Waals surface area contributed by atoms with E-state index in [1.807, 2.05) is 29.9 Å². The molecule has 0 spiro atoms. The van der Waals surface area contributed by atoms with Gasteiger partial charge in [-0.3, -0.25) is 4.79 Å². The van der Waals surface area contributed by atoms with E-state index < -0.39 is 12.1 Å². The zero-order chi connectivity index (χ0) is 16.8. The molecule has 0 fully saturated rings. The summed E-state index contributed by atoms with van der Waals surface area (Å²) < 4.78 is 6.45. The molecule has 2 aromatic rings. The molecule has 1 atom stereocenters. The maximum Gasteiger partial charge on any atom is 0.337 e. The normalized spacial score (nSPS) is 11.8. The number of aryl methyl sites for hydroxylation is 1. The fourth-order valence-corrected chi connectivity index (χ4v) is 2.27. The molecule has 6 heteroatoms. The Hall–Kier alpha value is -2.60. The van der Waals surface area contributed by atoms with Crippen LogP contribution in [0, 0.1) is 0 Å². The van der Waals surface area contributed by atoms with Gasteiger partial charge in [-0.2, -0.15) is 0 Å². The van der Waals surface area contributed by atoms with Crippen LogP contribution in [0.3, 0.4) is 0 Å². The quantitative estimate of drug-likeness (QED) is 0.794. The number of esters is 1. The van der Waals surface area contributed by atoms with Gasteiger partial charge in [-0.25, -0.2) is 4.79 Å². The standard InChI is InChI=1S/C17H20N2O4/c1-19-11-3-4-14(19)15(20)9-10-18-16(21)12-5-7-13(8-6-12)17(22)23-2/h3-8,11,15,20H,9-10H2,1-2H3,(H,18,21)/t15-/m0/s1. The lowest BCUT2D eigenvalue weighted by atomic mass is 10.1. The largest absolute Gasteiger partial charge is 0.465 e. The highest BCUT2D eigenvalue weighted by molar-refractivity contribution is 5.96. The van der Waals surface area contributed by atoms with E-state index in [4.69, 9.17) is 0 Å². The molecule has 1 aromatic carbocycles. The Labute approximate surface area is 134 Å². The number of aliphatic hydroxyl groups excluding tert-OH is 1. The van der Waals surface area contributed by atoms with Crippen molar-refractivity contribution in [2.45, 2.75) is 12.5 Å². The van der Waals surface area contributed by atoms with Crippen LogP contribution in [0.4, 0.5) is 0 Å². The molecule has 0 saturated carbocycles. The number of hydrogen-bond donors (Lipinski definition) is 2. The summed E-state index contributed by atoms with van der Waals surface area (Å²) in [5, 5.41) is 12.8. The van der Waals surface area contributed by atoms with Crippen LogP contribution in [-0.4, -0.2) is 35.2 Å². The Morgan fingerprint density at radius 2 is 1.87 bits per heavy atom. The molecule has 0 saturated heterocycles. The zero-order valence-electron chi connectivity index (χ0n) is 13.2. The summed E-state index contributed by atoms with van der Waals surface area (Å²) in [6.45, 7) is 0.351. The van der Waals surface area contributed by atoms with Gasteiger partial charge in [0.2, 0.25) is 0 Å². The Morgan fingerprint density at radius 3 is 2.43 bits per heavy atom. The highest BCUT2D eigenvalue weighted by Gasteiger charge is 2.12. The van der Waals surface area contributed by atoms with Crippen molar-refractivity contribution in [3.8, 4) is 0 Å². The van der Waals surface area contributed by atoms with Gasteiger partial charge in [0, 0.05) is 31.0 Å². The van der Waals surface area contributed by atoms with Crippen molar-refractivity contribution in [2.24, 2.45) is 7.05 Å². The first-order valence-corrected chi connectivity index (χ1v) is 7.29. The van der Waals surface area contributed by atoms with E-state index in [9.17, 15) is 14.7 Å². The summed E-state index contributed by atoms with van der Waals surface area (Å²) in [5.74, 6) is -0.692. The van der Waals surface area contributed by atoms with Crippen LogP contribution in [0.5, 0.6) is 0 Å². The van der Waals surface area contributed by atoms with Gasteiger partial charge in [0.15, 0.2) is 0 Å². The first-order chi connectivity index (χ1) is 11.0. The summed E-state index contributed by atoms with van der Waals surface area (Å²) in [7, 11) is 3.17. The lowest BCUT2D eigenvalue weighted by molar-refractivity contribution is 0.0600. The van der Waals surface area contributed by atoms with Gasteiger partial charge in [0.1, 0.15) is 0 Å². The summed E-state index contributed by atoms with van der Waals surface area (Å²) in [5.41, 5.74) is 1.65. The van der Waals surface area contributed by atoms with E-state index in [0.717, 1.165) is 5.69 Å². The molecule has 2 N–H and O–H groups in total. The van der Waals surface area contributed by atoms with Gasteiger partial charge < -0.3 is 19.7 Å². The third-order valence-corrected chi connectivity index (χ3v) is 3.60. The minimum Gasteiger partial charge on any atom is -0.465 e. The van der Waals surface area contributed by atoms with Crippen LogP contribution in [-0.2, 0) is 11.8 Å². The van der Waals surface area contributed by atoms with Crippen molar-refractivity contribution in [2.75, 3.05) is 13.7 Å². The Kier molecular flexibility index (Phi) is 5.54. The predicted molar refractivity (Wildman–Crippen MR) is 85.1 cm³/mol. The molecule has 0 bridgehead atoms. The molecule has 0 aliphatic carbocycles. The van der Waals surface area contributed by atoms with E-state index in [1.54, 1.807) is 24.3 Å². The number of rotatable bonds is 6. The van der Waals surface area contributed by atoms with Crippen molar-refractivity contribution >= 4 is 11.9 Å². The number of methoxy groups -OCH3 is 1. The number of carbonyl (C=O) groups excluding carboxylic acids is 2. The molecule has 122 valence electrons. The fraction of sp³-hybridized carbons (Fsp3) is 0.294. The average Bonchev–Trinajstić information content (AvgIpc) is 3.00. The first-order valence-electron chi connectivity index (χ1n) is 7.29. The number of aromatic nitrogens is 1. The number of ether oxygens (including phenoxy) is 1. The average molecular weight is 316 g/mol. The van der Waals surface area contributed by atoms with E-state index in [-0.39, 0.29) is 5.91 Å². The summed E-state index contributed by atoms with van der Waals surface area (Å²) in [6.07, 6.45) is 1.65. The number of benzene rings is 1. The van der Waals surface area contributed by atoms with Crippen LogP contribution in [0.15, 0.2) is 42.6 Å². The SMILES string of the molecule is COC(=O)c1ccc(C(=O)NCC[C@H](O)c2cccn2C)cc1. The number of nitrogens with zero attached hydrogens (tertiary/aromatic N) is 1. The molecule has 6 nitrogen and oxygen atoms in total. The highest BCUT2D eigenvalue weighted by atomic mass is 16.5. The van der Waals surface area contributed by atoms with Gasteiger partial charge in [-0.1, -0.05) is 0 Å². The van der Waals surface area contributed by atoms with E-state index in [1.165, 1.54) is 7.11 Å². The minimum atomic E-state index is -0.628. The van der Waals surface area contributed by atoms with Gasteiger partial charge >= 0.3 is 5.97 Å². The van der Waals surface area contributed by atoms with Crippen LogP contribution >= 0.6 is 0 Å². The van der Waals surface area contributed by atoms with Gasteiger partial charge in [-0.15, -0.1) is 0 Å². The number of carbonyl (C=O) groups is 2. The molecule has 23 heavy (non-hydrogen) atoms. The lowest BCUT2D eigenvalue weighted by Crippen LogP contribution is -2.26. The molecule has 0 aliphatic rings. The zero-order valence-corrected chi connectivity index (χ0v) is 13.2. The molecule has 0 radical (unpaired) electrons. The number of hydrogen-bond acceptors (Lipinski definition) is 4. The summed E-state index contributed by atoms with van der Waals surface area (Å²) in [4.78, 5) is 23.3. The summed E-state index contributed by atoms with van der Waals surface area (Å²) in [6, 6.07) is 9.92. The monoisotopic (exact) mass is 316 g/mol. The van der Waals surface area contributed by atoms with Crippen molar-refractivity contribution in [1.82, 2.24) is 9.88 Å². The lowest BCUT2D eigenvalue weighted by Gasteiger charge is -2.12. The highest BCUT2D eigenvalue weighted by Crippen LogP contribution is 2.15. The van der Waals surface area contributed by atoms with E-state index in [0.29, 0.717) is 24.1 Å². The maximum atomic E-state index is 12.0. The van der Waals surface area contributed by atoms with Gasteiger partial charge in [0.25, 0.3) is 5.91 Å². The Morgan fingerprint density at radius 1 is 1.22 bits per heavy atom. The Balaban J connectivity index is 1.85. The maximum absolute atomic E-state index is 12.0.